The zero-order chi connectivity index (χ0) is 24.4. The van der Waals surface area contributed by atoms with Gasteiger partial charge in [0.2, 0.25) is 0 Å². The van der Waals surface area contributed by atoms with Crippen LogP contribution in [0.1, 0.15) is 72.6 Å². The smallest absolute Gasteiger partial charge is 0.174 e. The molecule has 0 aromatic rings. The van der Waals surface area contributed by atoms with Gasteiger partial charge in [0, 0.05) is 30.1 Å². The van der Waals surface area contributed by atoms with Crippen molar-refractivity contribution in [3.63, 3.8) is 0 Å². The van der Waals surface area contributed by atoms with Gasteiger partial charge in [-0.05, 0) is 61.2 Å². The summed E-state index contributed by atoms with van der Waals surface area (Å²) in [6.07, 6.45) is 1.17. The van der Waals surface area contributed by atoms with Crippen LogP contribution in [0.2, 0.25) is 0 Å². The highest BCUT2D eigenvalue weighted by atomic mass is 16.7. The summed E-state index contributed by atoms with van der Waals surface area (Å²) >= 11 is 0. The minimum Gasteiger partial charge on any atom is -0.393 e. The standard InChI is InChI=1S/C27H44O7/c1-13-12-33-27(11-18(13)28)14(2)23-21(34-27)8-17-15-7-22(31)26(32)10-20(30)19(29)9-25(26,4)16(15)5-6-24(17,23)3/h13-23,28-32H,5-12H2,1-4H3/t13-,14-,15+,16-,17-,18-,19+,20+,21-,22+,23-,24-,25+,26-,27+/m0/s1. The lowest BCUT2D eigenvalue weighted by atomic mass is 9.42. The highest BCUT2D eigenvalue weighted by Gasteiger charge is 2.72. The van der Waals surface area contributed by atoms with Crippen molar-refractivity contribution < 1.29 is 35.0 Å². The second-order valence-corrected chi connectivity index (χ2v) is 13.6. The third kappa shape index (κ3) is 2.84. The van der Waals surface area contributed by atoms with Gasteiger partial charge in [0.15, 0.2) is 5.79 Å². The van der Waals surface area contributed by atoms with Crippen LogP contribution in [-0.2, 0) is 9.47 Å². The normalized spacial score (nSPS) is 65.4. The van der Waals surface area contributed by atoms with Gasteiger partial charge in [0.05, 0.1) is 42.7 Å². The van der Waals surface area contributed by atoms with Gasteiger partial charge in [-0.2, -0.15) is 0 Å². The van der Waals surface area contributed by atoms with Crippen molar-refractivity contribution in [2.75, 3.05) is 6.61 Å². The maximum atomic E-state index is 11.7. The first-order valence-corrected chi connectivity index (χ1v) is 13.6. The minimum absolute atomic E-state index is 0.0307. The van der Waals surface area contributed by atoms with Crippen molar-refractivity contribution >= 4 is 0 Å². The summed E-state index contributed by atoms with van der Waals surface area (Å²) < 4.78 is 13.0. The number of aliphatic hydroxyl groups is 5. The first-order valence-electron chi connectivity index (χ1n) is 13.6. The Morgan fingerprint density at radius 3 is 2.26 bits per heavy atom. The maximum absolute atomic E-state index is 11.7. The quantitative estimate of drug-likeness (QED) is 0.359. The first-order chi connectivity index (χ1) is 15.9. The van der Waals surface area contributed by atoms with Crippen molar-refractivity contribution in [2.24, 2.45) is 46.3 Å². The van der Waals surface area contributed by atoms with E-state index in [2.05, 4.69) is 13.8 Å². The Balaban J connectivity index is 1.30. The van der Waals surface area contributed by atoms with Gasteiger partial charge in [-0.15, -0.1) is 0 Å². The van der Waals surface area contributed by atoms with Crippen LogP contribution in [0.25, 0.3) is 0 Å². The fraction of sp³-hybridized carbons (Fsp3) is 1.00. The average Bonchev–Trinajstić information content (AvgIpc) is 3.20. The van der Waals surface area contributed by atoms with E-state index in [1.807, 2.05) is 13.8 Å². The SMILES string of the molecule is C[C@H]1CO[C@]2(C[C@@H]1O)O[C@H]1C[C@H]3[C@@H]4C[C@@H](O)[C@@]5(O)C[C@@H](O)[C@H](O)C[C@]5(C)[C@H]4CC[C@]3(C)[C@H]1[C@@H]2C. The van der Waals surface area contributed by atoms with E-state index in [9.17, 15) is 25.5 Å². The van der Waals surface area contributed by atoms with E-state index >= 15 is 0 Å². The molecule has 7 nitrogen and oxygen atoms in total. The molecule has 6 aliphatic rings. The summed E-state index contributed by atoms with van der Waals surface area (Å²) in [5, 5.41) is 54.4. The molecule has 6 fully saturated rings. The predicted molar refractivity (Wildman–Crippen MR) is 123 cm³/mol. The van der Waals surface area contributed by atoms with Crippen molar-refractivity contribution in [1.82, 2.24) is 0 Å². The van der Waals surface area contributed by atoms with Crippen LogP contribution in [0.5, 0.6) is 0 Å². The van der Waals surface area contributed by atoms with Gasteiger partial charge in [-0.3, -0.25) is 0 Å². The molecule has 194 valence electrons. The predicted octanol–water partition coefficient (Wildman–Crippen LogP) is 1.82. The number of hydrogen-bond acceptors (Lipinski definition) is 7. The Morgan fingerprint density at radius 1 is 0.853 bits per heavy atom. The van der Waals surface area contributed by atoms with Crippen LogP contribution in [0, 0.1) is 46.3 Å². The number of ether oxygens (including phenoxy) is 2. The van der Waals surface area contributed by atoms with Crippen LogP contribution in [0.4, 0.5) is 0 Å². The van der Waals surface area contributed by atoms with E-state index in [-0.39, 0.29) is 41.6 Å². The topological polar surface area (TPSA) is 120 Å². The number of hydrogen-bond donors (Lipinski definition) is 5. The second kappa shape index (κ2) is 7.40. The average molecular weight is 481 g/mol. The molecule has 15 atom stereocenters. The minimum atomic E-state index is -1.37. The summed E-state index contributed by atoms with van der Waals surface area (Å²) in [4.78, 5) is 0. The van der Waals surface area contributed by atoms with Crippen LogP contribution in [-0.4, -0.2) is 74.0 Å². The fourth-order valence-electron chi connectivity index (χ4n) is 10.3. The highest BCUT2D eigenvalue weighted by molar-refractivity contribution is 5.20. The molecule has 6 rings (SSSR count). The molecule has 2 saturated heterocycles. The molecule has 7 heteroatoms. The first kappa shape index (κ1) is 24.1. The Morgan fingerprint density at radius 2 is 1.56 bits per heavy atom. The molecule has 0 aromatic heterocycles. The molecule has 2 heterocycles. The summed E-state index contributed by atoms with van der Waals surface area (Å²) in [6, 6.07) is 0. The molecule has 0 aromatic carbocycles. The molecule has 0 radical (unpaired) electrons. The molecular weight excluding hydrogens is 436 g/mol. The van der Waals surface area contributed by atoms with Gasteiger partial charge in [-0.25, -0.2) is 0 Å². The summed E-state index contributed by atoms with van der Waals surface area (Å²) in [5.41, 5.74) is -1.95. The zero-order valence-electron chi connectivity index (χ0n) is 21.1. The number of rotatable bonds is 0. The third-order valence-electron chi connectivity index (χ3n) is 12.3. The zero-order valence-corrected chi connectivity index (χ0v) is 21.1. The number of fused-ring (bicyclic) bond motifs is 7. The van der Waals surface area contributed by atoms with Gasteiger partial charge in [0.1, 0.15) is 0 Å². The molecular formula is C27H44O7. The lowest BCUT2D eigenvalue weighted by Crippen LogP contribution is -2.70. The van der Waals surface area contributed by atoms with Crippen molar-refractivity contribution in [1.29, 1.82) is 0 Å². The van der Waals surface area contributed by atoms with Crippen LogP contribution in [0.15, 0.2) is 0 Å². The molecule has 34 heavy (non-hydrogen) atoms. The summed E-state index contributed by atoms with van der Waals surface area (Å²) in [5.74, 6) is 0.743. The third-order valence-corrected chi connectivity index (χ3v) is 12.3. The maximum Gasteiger partial charge on any atom is 0.174 e. The molecule has 0 bridgehead atoms. The van der Waals surface area contributed by atoms with Crippen LogP contribution < -0.4 is 0 Å². The molecule has 4 saturated carbocycles. The molecule has 2 aliphatic heterocycles. The van der Waals surface area contributed by atoms with E-state index in [1.54, 1.807) is 0 Å². The summed E-state index contributed by atoms with van der Waals surface area (Å²) in [6.45, 7) is 9.21. The largest absolute Gasteiger partial charge is 0.393 e. The Hall–Kier alpha value is -0.280. The molecule has 4 aliphatic carbocycles. The van der Waals surface area contributed by atoms with E-state index < -0.39 is 41.2 Å². The molecule has 0 unspecified atom stereocenters. The van der Waals surface area contributed by atoms with E-state index in [4.69, 9.17) is 9.47 Å². The van der Waals surface area contributed by atoms with Gasteiger partial charge < -0.3 is 35.0 Å². The van der Waals surface area contributed by atoms with E-state index in [0.29, 0.717) is 37.7 Å². The lowest BCUT2D eigenvalue weighted by Gasteiger charge is -2.66. The van der Waals surface area contributed by atoms with Crippen molar-refractivity contribution in [3.05, 3.63) is 0 Å². The fourth-order valence-corrected chi connectivity index (χ4v) is 10.3. The second-order valence-electron chi connectivity index (χ2n) is 13.6. The van der Waals surface area contributed by atoms with Crippen molar-refractivity contribution in [3.8, 4) is 0 Å². The van der Waals surface area contributed by atoms with Gasteiger partial charge in [0.25, 0.3) is 0 Å². The van der Waals surface area contributed by atoms with Crippen molar-refractivity contribution in [2.45, 2.75) is 115 Å². The Kier molecular flexibility index (Phi) is 5.24. The lowest BCUT2D eigenvalue weighted by molar-refractivity contribution is -0.295. The number of aliphatic hydroxyl groups excluding tert-OH is 4. The highest BCUT2D eigenvalue weighted by Crippen LogP contribution is 2.71. The summed E-state index contributed by atoms with van der Waals surface area (Å²) in [7, 11) is 0. The molecule has 1 spiro atoms. The Labute approximate surface area is 202 Å². The Bertz CT molecular complexity index is 838. The van der Waals surface area contributed by atoms with Gasteiger partial charge >= 0.3 is 0 Å². The van der Waals surface area contributed by atoms with E-state index in [0.717, 1.165) is 19.3 Å². The van der Waals surface area contributed by atoms with Gasteiger partial charge in [-0.1, -0.05) is 27.7 Å². The molecule has 5 N–H and O–H groups in total. The molecule has 0 amide bonds. The monoisotopic (exact) mass is 480 g/mol. The van der Waals surface area contributed by atoms with Crippen LogP contribution in [0.3, 0.4) is 0 Å². The van der Waals surface area contributed by atoms with E-state index in [1.165, 1.54) is 0 Å². The van der Waals surface area contributed by atoms with Crippen LogP contribution >= 0.6 is 0 Å².